The van der Waals surface area contributed by atoms with Gasteiger partial charge in [-0.3, -0.25) is 0 Å². The Morgan fingerprint density at radius 1 is 0.448 bits per heavy atom. The lowest BCUT2D eigenvalue weighted by molar-refractivity contribution is -0.137. The number of rotatable bonds is 5. The fraction of sp³-hybridized carbons (Fsp3) is 0.0213. The Bertz CT molecular complexity index is 3180. The van der Waals surface area contributed by atoms with Crippen LogP contribution in [0.4, 0.5) is 13.2 Å². The summed E-state index contributed by atoms with van der Waals surface area (Å²) in [5, 5.41) is 24.4. The van der Waals surface area contributed by atoms with Gasteiger partial charge in [0.25, 0.3) is 0 Å². The zero-order valence-electron chi connectivity index (χ0n) is 30.1. The van der Waals surface area contributed by atoms with Crippen LogP contribution in [0.2, 0.25) is 0 Å². The number of alkyl halides is 3. The quantitative estimate of drug-likeness (QED) is 0.173. The van der Waals surface area contributed by atoms with Gasteiger partial charge in [-0.15, -0.1) is 0 Å². The molecule has 4 aromatic heterocycles. The van der Waals surface area contributed by atoms with Crippen molar-refractivity contribution in [2.75, 3.05) is 0 Å². The molecule has 0 unspecified atom stereocenters. The zero-order chi connectivity index (χ0) is 39.5. The van der Waals surface area contributed by atoms with Crippen LogP contribution < -0.4 is 0 Å². The van der Waals surface area contributed by atoms with Gasteiger partial charge < -0.3 is 9.13 Å². The first-order valence-electron chi connectivity index (χ1n) is 18.1. The Morgan fingerprint density at radius 2 is 0.897 bits per heavy atom. The molecule has 0 aliphatic carbocycles. The van der Waals surface area contributed by atoms with Crippen molar-refractivity contribution in [3.05, 3.63) is 169 Å². The molecule has 0 saturated heterocycles. The standard InChI is InChI=1S/C47H25F3N8/c48-47(49,50)33-20-28(26-51)19-32(23-33)44-42(57-38-9-3-1-7-34(38)36-13-11-30(24-40(36)57)45-53-15-5-16-54-45)21-29(27-52)22-43(44)58-39-10-4-2-8-35(39)37-14-12-31(25-41(37)58)46-55-17-6-18-56-46/h1-25H. The van der Waals surface area contributed by atoms with Crippen LogP contribution in [0, 0.1) is 22.7 Å². The minimum atomic E-state index is -4.76. The average Bonchev–Trinajstić information content (AvgIpc) is 3.78. The first kappa shape index (κ1) is 34.3. The highest BCUT2D eigenvalue weighted by atomic mass is 19.4. The third-order valence-electron chi connectivity index (χ3n) is 10.4. The molecule has 0 bridgehead atoms. The fourth-order valence-corrected chi connectivity index (χ4v) is 7.96. The van der Waals surface area contributed by atoms with Crippen molar-refractivity contribution in [2.24, 2.45) is 0 Å². The molecule has 0 aliphatic heterocycles. The summed E-state index contributed by atoms with van der Waals surface area (Å²) in [4.78, 5) is 17.9. The molecule has 0 spiro atoms. The first-order valence-corrected chi connectivity index (χ1v) is 18.1. The van der Waals surface area contributed by atoms with Gasteiger partial charge in [0.1, 0.15) is 0 Å². The van der Waals surface area contributed by atoms with Gasteiger partial charge >= 0.3 is 6.18 Å². The molecule has 0 amide bonds. The van der Waals surface area contributed by atoms with Gasteiger partial charge in [0.2, 0.25) is 0 Å². The molecular weight excluding hydrogens is 734 g/mol. The van der Waals surface area contributed by atoms with E-state index in [1.54, 1.807) is 49.1 Å². The van der Waals surface area contributed by atoms with E-state index in [0.29, 0.717) is 39.6 Å². The van der Waals surface area contributed by atoms with Gasteiger partial charge in [-0.2, -0.15) is 23.7 Å². The molecule has 8 nitrogen and oxygen atoms in total. The van der Waals surface area contributed by atoms with Gasteiger partial charge in [-0.05, 0) is 72.3 Å². The Morgan fingerprint density at radius 3 is 1.36 bits per heavy atom. The van der Waals surface area contributed by atoms with Gasteiger partial charge in [0.15, 0.2) is 11.6 Å². The normalized spacial score (nSPS) is 11.7. The summed E-state index contributed by atoms with van der Waals surface area (Å²) in [6.45, 7) is 0. The highest BCUT2D eigenvalue weighted by Crippen LogP contribution is 2.45. The van der Waals surface area contributed by atoms with Gasteiger partial charge in [-0.1, -0.05) is 60.7 Å². The summed E-state index contributed by atoms with van der Waals surface area (Å²) in [6, 6.07) is 41.8. The number of nitriles is 2. The number of hydrogen-bond acceptors (Lipinski definition) is 6. The summed E-state index contributed by atoms with van der Waals surface area (Å²) in [5.74, 6) is 0.987. The lowest BCUT2D eigenvalue weighted by Gasteiger charge is -2.22. The molecule has 0 radical (unpaired) electrons. The molecule has 4 heterocycles. The first-order chi connectivity index (χ1) is 28.3. The number of halogens is 3. The van der Waals surface area contributed by atoms with Crippen molar-refractivity contribution in [3.63, 3.8) is 0 Å². The number of aromatic nitrogens is 6. The molecule has 58 heavy (non-hydrogen) atoms. The fourth-order valence-electron chi connectivity index (χ4n) is 7.96. The Hall–Kier alpha value is -8.15. The molecule has 0 N–H and O–H groups in total. The molecule has 0 saturated carbocycles. The summed E-state index contributed by atoms with van der Waals surface area (Å²) in [7, 11) is 0. The molecule has 0 fully saturated rings. The number of hydrogen-bond donors (Lipinski definition) is 0. The zero-order valence-corrected chi connectivity index (χ0v) is 30.1. The second-order valence-electron chi connectivity index (χ2n) is 13.7. The molecular formula is C47H25F3N8. The Balaban J connectivity index is 1.40. The van der Waals surface area contributed by atoms with E-state index in [9.17, 15) is 23.7 Å². The van der Waals surface area contributed by atoms with Crippen molar-refractivity contribution in [3.8, 4) is 57.4 Å². The van der Waals surface area contributed by atoms with Crippen LogP contribution in [0.1, 0.15) is 16.7 Å². The van der Waals surface area contributed by atoms with Crippen molar-refractivity contribution in [2.45, 2.75) is 6.18 Å². The van der Waals surface area contributed by atoms with Crippen LogP contribution in [0.15, 0.2) is 152 Å². The lowest BCUT2D eigenvalue weighted by atomic mass is 9.94. The average molecular weight is 759 g/mol. The largest absolute Gasteiger partial charge is 0.416 e. The molecule has 11 heteroatoms. The van der Waals surface area contributed by atoms with E-state index in [2.05, 4.69) is 26.0 Å². The Kier molecular flexibility index (Phi) is 7.85. The van der Waals surface area contributed by atoms with E-state index in [-0.39, 0.29) is 16.7 Å². The van der Waals surface area contributed by atoms with E-state index >= 15 is 0 Å². The Labute approximate surface area is 328 Å². The minimum absolute atomic E-state index is 0.142. The smallest absolute Gasteiger partial charge is 0.308 e. The third kappa shape index (κ3) is 5.53. The predicted octanol–water partition coefficient (Wildman–Crippen LogP) is 11.2. The highest BCUT2D eigenvalue weighted by Gasteiger charge is 2.33. The van der Waals surface area contributed by atoms with Crippen LogP contribution >= 0.6 is 0 Å². The molecule has 0 aliphatic rings. The van der Waals surface area contributed by atoms with Crippen LogP contribution in [-0.2, 0) is 6.18 Å². The van der Waals surface area contributed by atoms with Gasteiger partial charge in [0.05, 0.1) is 62.3 Å². The number of para-hydroxylation sites is 2. The van der Waals surface area contributed by atoms with Crippen molar-refractivity contribution in [1.29, 1.82) is 10.5 Å². The number of nitrogens with zero attached hydrogens (tertiary/aromatic N) is 8. The molecule has 0 atom stereocenters. The van der Waals surface area contributed by atoms with Gasteiger partial charge in [0, 0.05) is 63.0 Å². The minimum Gasteiger partial charge on any atom is -0.308 e. The van der Waals surface area contributed by atoms with E-state index in [1.807, 2.05) is 100 Å². The van der Waals surface area contributed by atoms with Crippen LogP contribution in [0.3, 0.4) is 0 Å². The summed E-state index contributed by atoms with van der Waals surface area (Å²) < 4.78 is 48.1. The highest BCUT2D eigenvalue weighted by molar-refractivity contribution is 6.13. The maximum atomic E-state index is 14.7. The van der Waals surface area contributed by atoms with E-state index in [0.717, 1.165) is 55.8 Å². The molecule has 10 aromatic rings. The van der Waals surface area contributed by atoms with E-state index in [1.165, 1.54) is 6.07 Å². The van der Waals surface area contributed by atoms with Crippen LogP contribution in [0.25, 0.3) is 88.9 Å². The molecule has 10 rings (SSSR count). The predicted molar refractivity (Wildman–Crippen MR) is 217 cm³/mol. The molecule has 274 valence electrons. The number of benzene rings is 6. The number of fused-ring (bicyclic) bond motifs is 6. The van der Waals surface area contributed by atoms with Crippen molar-refractivity contribution >= 4 is 43.6 Å². The summed E-state index contributed by atoms with van der Waals surface area (Å²) in [6.07, 6.45) is 1.87. The molecule has 6 aromatic carbocycles. The topological polar surface area (TPSA) is 109 Å². The van der Waals surface area contributed by atoms with E-state index < -0.39 is 11.7 Å². The van der Waals surface area contributed by atoms with E-state index in [4.69, 9.17) is 0 Å². The second kappa shape index (κ2) is 13.3. The van der Waals surface area contributed by atoms with Crippen molar-refractivity contribution < 1.29 is 13.2 Å². The third-order valence-corrected chi connectivity index (χ3v) is 10.4. The van der Waals surface area contributed by atoms with Gasteiger partial charge in [-0.25, -0.2) is 19.9 Å². The van der Waals surface area contributed by atoms with Crippen LogP contribution in [-0.4, -0.2) is 29.1 Å². The summed E-state index contributed by atoms with van der Waals surface area (Å²) in [5.41, 5.74) is 4.89. The van der Waals surface area contributed by atoms with Crippen molar-refractivity contribution in [1.82, 2.24) is 29.1 Å². The lowest BCUT2D eigenvalue weighted by Crippen LogP contribution is -2.08. The maximum absolute atomic E-state index is 14.7. The maximum Gasteiger partial charge on any atom is 0.416 e. The monoisotopic (exact) mass is 758 g/mol. The SMILES string of the molecule is N#Cc1cc(-c2c(-n3c4ccccc4c4ccc(-c5ncccn5)cc43)cc(C#N)cc2-n2c3ccccc3c3ccc(-c4ncccn4)cc32)cc(C(F)(F)F)c1. The van der Waals surface area contributed by atoms with Crippen LogP contribution in [0.5, 0.6) is 0 Å². The summed E-state index contributed by atoms with van der Waals surface area (Å²) >= 11 is 0. The second-order valence-corrected chi connectivity index (χ2v) is 13.7.